The molecule has 2 heterocycles. The zero-order chi connectivity index (χ0) is 23.0. The normalized spacial score (nSPS) is 17.4. The molecule has 0 bridgehead atoms. The summed E-state index contributed by atoms with van der Waals surface area (Å²) in [6.07, 6.45) is 9.87. The van der Waals surface area contributed by atoms with Crippen molar-refractivity contribution in [2.45, 2.75) is 64.2 Å². The molecule has 2 aromatic rings. The van der Waals surface area contributed by atoms with Gasteiger partial charge in [0.05, 0.1) is 0 Å². The molecule has 2 amide bonds. The van der Waals surface area contributed by atoms with Gasteiger partial charge in [0.15, 0.2) is 0 Å². The Morgan fingerprint density at radius 2 is 1.58 bits per heavy atom. The Balaban J connectivity index is 1.14. The number of hydrogen-bond acceptors (Lipinski definition) is 5. The molecule has 0 unspecified atom stereocenters. The van der Waals surface area contributed by atoms with Gasteiger partial charge in [0.2, 0.25) is 23.5 Å². The van der Waals surface area contributed by atoms with E-state index in [0.717, 1.165) is 17.9 Å². The first-order valence-electron chi connectivity index (χ1n) is 12.2. The number of benzene rings is 1. The summed E-state index contributed by atoms with van der Waals surface area (Å²) >= 11 is 5.91. The molecule has 1 saturated carbocycles. The Morgan fingerprint density at radius 3 is 2.24 bits per heavy atom. The molecule has 1 aliphatic carbocycles. The highest BCUT2D eigenvalue weighted by molar-refractivity contribution is 6.30. The average Bonchev–Trinajstić information content (AvgIpc) is 3.32. The molecule has 4 rings (SSSR count). The maximum atomic E-state index is 12.6. The minimum Gasteiger partial charge on any atom is -0.339 e. The number of nitrogens with zero attached hydrogens (tertiary/aromatic N) is 4. The molecule has 33 heavy (non-hydrogen) atoms. The van der Waals surface area contributed by atoms with E-state index in [1.165, 1.54) is 32.1 Å². The van der Waals surface area contributed by atoms with Gasteiger partial charge >= 0.3 is 0 Å². The van der Waals surface area contributed by atoms with Gasteiger partial charge in [-0.3, -0.25) is 9.59 Å². The van der Waals surface area contributed by atoms with Crippen LogP contribution in [-0.4, -0.2) is 57.9 Å². The number of rotatable bonds is 8. The van der Waals surface area contributed by atoms with E-state index in [2.05, 4.69) is 10.1 Å². The monoisotopic (exact) mass is 472 g/mol. The Hall–Kier alpha value is -2.41. The zero-order valence-electron chi connectivity index (χ0n) is 19.2. The van der Waals surface area contributed by atoms with Crippen LogP contribution in [0.4, 0.5) is 0 Å². The fraction of sp³-hybridized carbons (Fsp3) is 0.600. The van der Waals surface area contributed by atoms with Gasteiger partial charge in [-0.25, -0.2) is 0 Å². The van der Waals surface area contributed by atoms with E-state index in [-0.39, 0.29) is 11.8 Å². The second-order valence-corrected chi connectivity index (χ2v) is 9.61. The number of piperazine rings is 1. The second kappa shape index (κ2) is 11.6. The van der Waals surface area contributed by atoms with Crippen LogP contribution in [0.3, 0.4) is 0 Å². The second-order valence-electron chi connectivity index (χ2n) is 9.18. The van der Waals surface area contributed by atoms with Gasteiger partial charge in [0, 0.05) is 56.0 Å². The minimum absolute atomic E-state index is 0.127. The smallest absolute Gasteiger partial charge is 0.226 e. The summed E-state index contributed by atoms with van der Waals surface area (Å²) in [5.41, 5.74) is 0.844. The molecule has 1 saturated heterocycles. The quantitative estimate of drug-likeness (QED) is 0.554. The highest BCUT2D eigenvalue weighted by Crippen LogP contribution is 2.27. The molecule has 1 aromatic carbocycles. The number of carbonyl (C=O) groups is 2. The van der Waals surface area contributed by atoms with Crippen LogP contribution in [0.25, 0.3) is 11.4 Å². The van der Waals surface area contributed by atoms with Gasteiger partial charge in [-0.15, -0.1) is 0 Å². The Kier molecular flexibility index (Phi) is 8.37. The SMILES string of the molecule is O=C(CCCc1nc(-c2ccc(Cl)cc2)no1)N1CCN(C(=O)CCC2CCCCC2)CC1. The fourth-order valence-electron chi connectivity index (χ4n) is 4.79. The van der Waals surface area contributed by atoms with Crippen LogP contribution in [0.2, 0.25) is 5.02 Å². The maximum absolute atomic E-state index is 12.6. The predicted octanol–water partition coefficient (Wildman–Crippen LogP) is 4.74. The molecule has 0 atom stereocenters. The Morgan fingerprint density at radius 1 is 0.939 bits per heavy atom. The van der Waals surface area contributed by atoms with Gasteiger partial charge in [-0.05, 0) is 43.0 Å². The molecule has 0 radical (unpaired) electrons. The lowest BCUT2D eigenvalue weighted by Crippen LogP contribution is -2.50. The standard InChI is InChI=1S/C25H33ClN4O3/c26-21-12-10-20(11-13-21)25-27-22(33-28-25)7-4-8-23(31)29-15-17-30(18-16-29)24(32)14-9-19-5-2-1-3-6-19/h10-13,19H,1-9,14-18H2. The van der Waals surface area contributed by atoms with Crippen molar-refractivity contribution in [3.05, 3.63) is 35.2 Å². The Labute approximate surface area is 200 Å². The molecule has 0 N–H and O–H groups in total. The Bertz CT molecular complexity index is 916. The maximum Gasteiger partial charge on any atom is 0.226 e. The summed E-state index contributed by atoms with van der Waals surface area (Å²) in [7, 11) is 0. The van der Waals surface area contributed by atoms with Gasteiger partial charge in [0.25, 0.3) is 0 Å². The first-order valence-corrected chi connectivity index (χ1v) is 12.6. The highest BCUT2D eigenvalue weighted by Gasteiger charge is 2.24. The van der Waals surface area contributed by atoms with Crippen molar-refractivity contribution in [3.8, 4) is 11.4 Å². The lowest BCUT2D eigenvalue weighted by atomic mass is 9.86. The molecule has 7 nitrogen and oxygen atoms in total. The van der Waals surface area contributed by atoms with Crippen molar-refractivity contribution < 1.29 is 14.1 Å². The molecule has 0 spiro atoms. The number of aryl methyl sites for hydroxylation is 1. The van der Waals surface area contributed by atoms with Gasteiger partial charge < -0.3 is 14.3 Å². The van der Waals surface area contributed by atoms with E-state index in [9.17, 15) is 9.59 Å². The van der Waals surface area contributed by atoms with Gasteiger partial charge in [-0.1, -0.05) is 48.9 Å². The largest absolute Gasteiger partial charge is 0.339 e. The number of aromatic nitrogens is 2. The molecular formula is C25H33ClN4O3. The van der Waals surface area contributed by atoms with E-state index in [0.29, 0.717) is 68.6 Å². The molecule has 2 fully saturated rings. The van der Waals surface area contributed by atoms with Crippen LogP contribution in [-0.2, 0) is 16.0 Å². The van der Waals surface area contributed by atoms with Crippen molar-refractivity contribution in [2.75, 3.05) is 26.2 Å². The van der Waals surface area contributed by atoms with Gasteiger partial charge in [-0.2, -0.15) is 4.98 Å². The lowest BCUT2D eigenvalue weighted by molar-refractivity contribution is -0.139. The van der Waals surface area contributed by atoms with E-state index in [1.807, 2.05) is 21.9 Å². The van der Waals surface area contributed by atoms with Crippen molar-refractivity contribution in [1.29, 1.82) is 0 Å². The third kappa shape index (κ3) is 6.79. The number of amides is 2. The average molecular weight is 473 g/mol. The van der Waals surface area contributed by atoms with Crippen molar-refractivity contribution in [3.63, 3.8) is 0 Å². The number of carbonyl (C=O) groups excluding carboxylic acids is 2. The molecule has 178 valence electrons. The predicted molar refractivity (Wildman–Crippen MR) is 127 cm³/mol. The molecule has 8 heteroatoms. The van der Waals surface area contributed by atoms with E-state index in [1.54, 1.807) is 12.1 Å². The summed E-state index contributed by atoms with van der Waals surface area (Å²) in [6.45, 7) is 2.53. The van der Waals surface area contributed by atoms with Crippen LogP contribution >= 0.6 is 11.6 Å². The van der Waals surface area contributed by atoms with Crippen LogP contribution in [0.5, 0.6) is 0 Å². The number of hydrogen-bond donors (Lipinski definition) is 0. The van der Waals surface area contributed by atoms with Crippen LogP contribution in [0.1, 0.15) is 63.7 Å². The van der Waals surface area contributed by atoms with E-state index >= 15 is 0 Å². The first-order chi connectivity index (χ1) is 16.1. The summed E-state index contributed by atoms with van der Waals surface area (Å²) in [4.78, 5) is 33.4. The molecule has 2 aliphatic rings. The van der Waals surface area contributed by atoms with Crippen LogP contribution in [0.15, 0.2) is 28.8 Å². The van der Waals surface area contributed by atoms with Crippen LogP contribution in [0, 0.1) is 5.92 Å². The molecular weight excluding hydrogens is 440 g/mol. The minimum atomic E-state index is 0.127. The number of halogens is 1. The fourth-order valence-corrected chi connectivity index (χ4v) is 4.91. The zero-order valence-corrected chi connectivity index (χ0v) is 19.9. The highest BCUT2D eigenvalue weighted by atomic mass is 35.5. The first kappa shape index (κ1) is 23.7. The van der Waals surface area contributed by atoms with Crippen LogP contribution < -0.4 is 0 Å². The topological polar surface area (TPSA) is 79.5 Å². The summed E-state index contributed by atoms with van der Waals surface area (Å²) in [5.74, 6) is 2.16. The van der Waals surface area contributed by atoms with Crippen molar-refractivity contribution >= 4 is 23.4 Å². The van der Waals surface area contributed by atoms with E-state index in [4.69, 9.17) is 16.1 Å². The summed E-state index contributed by atoms with van der Waals surface area (Å²) in [6, 6.07) is 7.27. The van der Waals surface area contributed by atoms with E-state index < -0.39 is 0 Å². The molecule has 1 aromatic heterocycles. The summed E-state index contributed by atoms with van der Waals surface area (Å²) < 4.78 is 5.32. The third-order valence-corrected chi connectivity index (χ3v) is 7.08. The lowest BCUT2D eigenvalue weighted by Gasteiger charge is -2.35. The third-order valence-electron chi connectivity index (χ3n) is 6.83. The van der Waals surface area contributed by atoms with Gasteiger partial charge in [0.1, 0.15) is 0 Å². The van der Waals surface area contributed by atoms with Crippen molar-refractivity contribution in [2.24, 2.45) is 5.92 Å². The van der Waals surface area contributed by atoms with Crippen molar-refractivity contribution in [1.82, 2.24) is 19.9 Å². The summed E-state index contributed by atoms with van der Waals surface area (Å²) in [5, 5.41) is 4.67. The molecule has 1 aliphatic heterocycles.